The van der Waals surface area contributed by atoms with Crippen molar-refractivity contribution in [3.8, 4) is 34.1 Å². The molecule has 0 spiro atoms. The number of hydrogen-bond acceptors (Lipinski definition) is 14. The van der Waals surface area contributed by atoms with Gasteiger partial charge >= 0.3 is 6.09 Å². The lowest BCUT2D eigenvalue weighted by molar-refractivity contribution is -0.134. The first kappa shape index (κ1) is 68.6. The molecule has 3 unspecified atom stereocenters. The molecule has 508 valence electrons. The molecule has 5 aromatic carbocycles. The zero-order chi connectivity index (χ0) is 68.3. The van der Waals surface area contributed by atoms with Crippen LogP contribution in [0.2, 0.25) is 51.4 Å². The summed E-state index contributed by atoms with van der Waals surface area (Å²) in [6.45, 7) is 17.9. The molecule has 1 fully saturated rings. The fraction of sp³-hybridized carbons (Fsp3) is 0.438. The van der Waals surface area contributed by atoms with Crippen LogP contribution < -0.4 is 45.1 Å². The van der Waals surface area contributed by atoms with Gasteiger partial charge in [-0.2, -0.15) is 0 Å². The van der Waals surface area contributed by atoms with Gasteiger partial charge in [-0.05, 0) is 114 Å². The molecule has 6 aliphatic rings. The largest absolute Gasteiger partial charge is 0.493 e. The minimum absolute atomic E-state index is 0.0221. The highest BCUT2D eigenvalue weighted by Gasteiger charge is 2.47. The predicted octanol–water partition coefficient (Wildman–Crippen LogP) is 11.8. The van der Waals surface area contributed by atoms with Crippen molar-refractivity contribution in [3.05, 3.63) is 143 Å². The van der Waals surface area contributed by atoms with E-state index in [2.05, 4.69) is 74.2 Å². The highest BCUT2D eigenvalue weighted by atomic mass is 28.3. The first-order valence-corrected chi connectivity index (χ1v) is 40.7. The highest BCUT2D eigenvalue weighted by molar-refractivity contribution is 6.76. The fourth-order valence-corrected chi connectivity index (χ4v) is 14.7. The Morgan fingerprint density at radius 1 is 0.615 bits per heavy atom. The molecule has 23 heteroatoms. The third kappa shape index (κ3) is 15.2. The predicted molar refractivity (Wildman–Crippen MR) is 372 cm³/mol. The Labute approximate surface area is 563 Å². The van der Waals surface area contributed by atoms with Gasteiger partial charge in [0.05, 0.1) is 49.9 Å². The molecule has 1 saturated carbocycles. The van der Waals surface area contributed by atoms with E-state index in [0.717, 1.165) is 30.5 Å². The number of nitrogens with zero attached hydrogens (tertiary/aromatic N) is 4. The van der Waals surface area contributed by atoms with Crippen LogP contribution in [0.5, 0.6) is 23.0 Å². The topological polar surface area (TPSA) is 247 Å². The number of fused-ring (bicyclic) bond motifs is 7. The molecule has 4 N–H and O–H groups in total. The van der Waals surface area contributed by atoms with E-state index < -0.39 is 70.1 Å². The van der Waals surface area contributed by atoms with Crippen LogP contribution in [0.1, 0.15) is 102 Å². The van der Waals surface area contributed by atoms with Crippen molar-refractivity contribution in [1.29, 1.82) is 0 Å². The zero-order valence-corrected chi connectivity index (χ0v) is 58.6. The van der Waals surface area contributed by atoms with Crippen LogP contribution in [-0.2, 0) is 33.4 Å². The molecular weight excluding hydrogens is 1260 g/mol. The van der Waals surface area contributed by atoms with Gasteiger partial charge in [0.2, 0.25) is 5.91 Å². The van der Waals surface area contributed by atoms with E-state index in [9.17, 15) is 33.6 Å². The van der Waals surface area contributed by atoms with Crippen molar-refractivity contribution in [1.82, 2.24) is 15.1 Å². The summed E-state index contributed by atoms with van der Waals surface area (Å²) in [7, 11) is -0.00159. The third-order valence-corrected chi connectivity index (χ3v) is 22.2. The Morgan fingerprint density at radius 3 is 1.62 bits per heavy atom. The van der Waals surface area contributed by atoms with E-state index in [4.69, 9.17) is 38.9 Å². The van der Waals surface area contributed by atoms with Crippen molar-refractivity contribution in [2.45, 2.75) is 140 Å². The summed E-state index contributed by atoms with van der Waals surface area (Å²) in [5, 5.41) is 5.57. The molecule has 21 nitrogen and oxygen atoms in total. The Morgan fingerprint density at radius 2 is 1.12 bits per heavy atom. The lowest BCUT2D eigenvalue weighted by Gasteiger charge is -2.27. The number of hydrogen-bond donors (Lipinski definition) is 3. The number of nitrogens with one attached hydrogen (secondary N) is 2. The number of rotatable bonds is 29. The lowest BCUT2D eigenvalue weighted by atomic mass is 9.87. The van der Waals surface area contributed by atoms with Crippen molar-refractivity contribution >= 4 is 80.3 Å². The SMILES string of the molecule is COc1cc2c(cc1OCCCOc1cc3c(cc1OC)C(=O)N1C=C(C4CC4)CC1C(=O)N3COCC[Si](C)(C)C)N(COCC[Si](C)(C)C)C(=O)C1CC(c3ccc(NC(=O)[C@H](C)NC(=O)[C@@H](OC(N)=O)C(C)CCC4c5ccccc5-c5ccccc54)cc3)=CN1C2=O. The second-order valence-corrected chi connectivity index (χ2v) is 39.5. The number of benzene rings is 5. The van der Waals surface area contributed by atoms with Gasteiger partial charge in [-0.25, -0.2) is 4.79 Å². The fourth-order valence-electron chi connectivity index (χ4n) is 13.1. The summed E-state index contributed by atoms with van der Waals surface area (Å²) in [5.41, 5.74) is 14.4. The summed E-state index contributed by atoms with van der Waals surface area (Å²) >= 11 is 0. The Hall–Kier alpha value is -8.78. The molecule has 0 bridgehead atoms. The van der Waals surface area contributed by atoms with Crippen LogP contribution in [0.4, 0.5) is 21.9 Å². The highest BCUT2D eigenvalue weighted by Crippen LogP contribution is 2.49. The summed E-state index contributed by atoms with van der Waals surface area (Å²) in [6.07, 6.45) is 5.56. The van der Waals surface area contributed by atoms with Gasteiger partial charge in [-0.15, -0.1) is 0 Å². The van der Waals surface area contributed by atoms with Gasteiger partial charge in [-0.3, -0.25) is 38.6 Å². The average Bonchev–Trinajstić information content (AvgIpc) is 1.59. The number of methoxy groups -OCH3 is 2. The number of carbonyl (C=O) groups excluding carboxylic acids is 7. The molecular formula is C73H89N7O14Si2. The van der Waals surface area contributed by atoms with E-state index in [1.165, 1.54) is 53.2 Å². The molecule has 4 heterocycles. The molecule has 0 saturated heterocycles. The van der Waals surface area contributed by atoms with Crippen LogP contribution in [-0.4, -0.2) is 146 Å². The number of ether oxygens (including phenoxy) is 7. The van der Waals surface area contributed by atoms with E-state index >= 15 is 0 Å². The Bertz CT molecular complexity index is 3830. The van der Waals surface area contributed by atoms with E-state index in [1.54, 1.807) is 64.5 Å². The number of amides is 7. The maximum Gasteiger partial charge on any atom is 0.405 e. The number of anilines is 3. The maximum absolute atomic E-state index is 15.0. The molecule has 0 aromatic heterocycles. The van der Waals surface area contributed by atoms with Gasteiger partial charge in [0.25, 0.3) is 29.5 Å². The Balaban J connectivity index is 0.744. The lowest BCUT2D eigenvalue weighted by Crippen LogP contribution is -2.49. The van der Waals surface area contributed by atoms with Gasteiger partial charge in [0, 0.05) is 90.7 Å². The molecule has 5 atom stereocenters. The number of carbonyl (C=O) groups is 7. The molecule has 11 rings (SSSR count). The van der Waals surface area contributed by atoms with E-state index in [1.807, 2.05) is 37.4 Å². The second kappa shape index (κ2) is 28.9. The van der Waals surface area contributed by atoms with Crippen LogP contribution in [0.25, 0.3) is 16.7 Å². The van der Waals surface area contributed by atoms with Crippen LogP contribution >= 0.6 is 0 Å². The summed E-state index contributed by atoms with van der Waals surface area (Å²) < 4.78 is 42.3. The monoisotopic (exact) mass is 1340 g/mol. The number of nitrogens with two attached hydrogens (primary N) is 1. The minimum atomic E-state index is -1.54. The van der Waals surface area contributed by atoms with Crippen molar-refractivity contribution in [2.75, 3.05) is 69.2 Å². The second-order valence-electron chi connectivity index (χ2n) is 28.3. The molecule has 2 aliphatic carbocycles. The van der Waals surface area contributed by atoms with Gasteiger partial charge in [0.15, 0.2) is 29.1 Å². The van der Waals surface area contributed by atoms with Gasteiger partial charge < -0.3 is 59.3 Å². The quantitative estimate of drug-likeness (QED) is 0.0298. The smallest absolute Gasteiger partial charge is 0.405 e. The Kier molecular flexibility index (Phi) is 20.6. The first-order chi connectivity index (χ1) is 45.9. The standard InChI is InChI=1S/C73H89N7O14Si2/c1-44(20-27-55-53-18-13-11-16-51(53)52-17-12-14-19-54(52)55)66(94-73(74)87)68(82)75-45(2)67(81)76-50-25-23-47(24-26-50)49-35-61-72(86)80(43-91-31-33-96(8,9)10)59-39-65(63(89-4)37-57(59)70(84)78(61)41-49)93-29-15-28-92-64-38-58-56(36-62(64)88-3)69(83)77-40-48(46-21-22-46)34-60(77)71(85)79(58)42-90-30-32-95(5,6)7/h11-14,16-19,23-26,36-41,44-46,55,60-61,66H,15,20-22,27-35,42-43H2,1-10H3,(H2,74,87)(H,75,82)(H,76,81)/t44?,45-,60?,61?,66-/m0/s1. The van der Waals surface area contributed by atoms with Gasteiger partial charge in [-0.1, -0.05) is 107 Å². The first-order valence-electron chi connectivity index (χ1n) is 33.3. The van der Waals surface area contributed by atoms with E-state index in [-0.39, 0.29) is 73.8 Å². The van der Waals surface area contributed by atoms with E-state index in [0.29, 0.717) is 90.1 Å². The molecule has 4 aliphatic heterocycles. The van der Waals surface area contributed by atoms with Gasteiger partial charge in [0.1, 0.15) is 31.6 Å². The maximum atomic E-state index is 15.0. The zero-order valence-electron chi connectivity index (χ0n) is 56.6. The molecule has 96 heavy (non-hydrogen) atoms. The van der Waals surface area contributed by atoms with Crippen molar-refractivity contribution in [3.63, 3.8) is 0 Å². The van der Waals surface area contributed by atoms with Crippen molar-refractivity contribution in [2.24, 2.45) is 17.6 Å². The summed E-state index contributed by atoms with van der Waals surface area (Å²) in [4.78, 5) is 104. The normalized spacial score (nSPS) is 18.4. The molecule has 5 aromatic rings. The summed E-state index contributed by atoms with van der Waals surface area (Å²) in [6, 6.07) is 29.2. The van der Waals surface area contributed by atoms with Crippen LogP contribution in [0, 0.1) is 11.8 Å². The average molecular weight is 1340 g/mol. The van der Waals surface area contributed by atoms with Crippen LogP contribution in [0.3, 0.4) is 0 Å². The van der Waals surface area contributed by atoms with Crippen molar-refractivity contribution < 1.29 is 66.7 Å². The molecule has 0 radical (unpaired) electrons. The third-order valence-electron chi connectivity index (χ3n) is 18.8. The number of primary amides is 1. The molecule has 7 amide bonds. The summed E-state index contributed by atoms with van der Waals surface area (Å²) in [5.74, 6) is -1.20. The van der Waals surface area contributed by atoms with Crippen LogP contribution in [0.15, 0.2) is 115 Å². The minimum Gasteiger partial charge on any atom is -0.493 e.